The van der Waals surface area contributed by atoms with Gasteiger partial charge in [-0.3, -0.25) is 4.79 Å². The van der Waals surface area contributed by atoms with Gasteiger partial charge >= 0.3 is 0 Å². The van der Waals surface area contributed by atoms with E-state index in [1.54, 1.807) is 6.92 Å². The molecule has 0 radical (unpaired) electrons. The SMILES string of the molecule is CCN(CCBr)C(=O)c1c(F)cc(Br)cc1F. The van der Waals surface area contributed by atoms with Crippen LogP contribution in [0, 0.1) is 11.6 Å². The van der Waals surface area contributed by atoms with Crippen LogP contribution in [0.4, 0.5) is 8.78 Å². The maximum atomic E-state index is 13.6. The molecule has 0 N–H and O–H groups in total. The average Bonchev–Trinajstić information content (AvgIpc) is 2.24. The van der Waals surface area contributed by atoms with Gasteiger partial charge in [0, 0.05) is 22.9 Å². The van der Waals surface area contributed by atoms with Gasteiger partial charge in [-0.05, 0) is 19.1 Å². The third-order valence-corrected chi connectivity index (χ3v) is 3.06. The van der Waals surface area contributed by atoms with Gasteiger partial charge in [-0.15, -0.1) is 0 Å². The maximum absolute atomic E-state index is 13.6. The summed E-state index contributed by atoms with van der Waals surface area (Å²) in [5.41, 5.74) is -0.504. The van der Waals surface area contributed by atoms with Gasteiger partial charge < -0.3 is 4.90 Å². The summed E-state index contributed by atoms with van der Waals surface area (Å²) in [6.45, 7) is 2.57. The summed E-state index contributed by atoms with van der Waals surface area (Å²) < 4.78 is 27.4. The molecule has 1 rings (SSSR count). The minimum atomic E-state index is -0.852. The van der Waals surface area contributed by atoms with E-state index in [0.717, 1.165) is 12.1 Å². The van der Waals surface area contributed by atoms with Crippen molar-refractivity contribution < 1.29 is 13.6 Å². The molecule has 2 nitrogen and oxygen atoms in total. The highest BCUT2D eigenvalue weighted by Gasteiger charge is 2.22. The van der Waals surface area contributed by atoms with Crippen molar-refractivity contribution in [2.75, 3.05) is 18.4 Å². The van der Waals surface area contributed by atoms with Crippen molar-refractivity contribution >= 4 is 37.8 Å². The third kappa shape index (κ3) is 3.48. The van der Waals surface area contributed by atoms with Crippen molar-refractivity contribution in [1.82, 2.24) is 4.90 Å². The summed E-state index contributed by atoms with van der Waals surface area (Å²) in [6.07, 6.45) is 0. The van der Waals surface area contributed by atoms with Crippen molar-refractivity contribution in [3.63, 3.8) is 0 Å². The molecule has 0 heterocycles. The molecule has 0 atom stereocenters. The van der Waals surface area contributed by atoms with Crippen LogP contribution in [0.25, 0.3) is 0 Å². The number of benzene rings is 1. The second-order valence-electron chi connectivity index (χ2n) is 3.32. The van der Waals surface area contributed by atoms with Crippen LogP contribution >= 0.6 is 31.9 Å². The van der Waals surface area contributed by atoms with Gasteiger partial charge in [-0.25, -0.2) is 8.78 Å². The summed E-state index contributed by atoms with van der Waals surface area (Å²) >= 11 is 6.16. The molecule has 0 aromatic heterocycles. The Morgan fingerprint density at radius 1 is 1.35 bits per heavy atom. The number of halogens is 4. The fourth-order valence-corrected chi connectivity index (χ4v) is 2.24. The van der Waals surface area contributed by atoms with Crippen molar-refractivity contribution in [2.24, 2.45) is 0 Å². The molecule has 1 amide bonds. The Balaban J connectivity index is 3.11. The molecule has 6 heteroatoms. The lowest BCUT2D eigenvalue weighted by Gasteiger charge is -2.20. The van der Waals surface area contributed by atoms with Gasteiger partial charge in [-0.1, -0.05) is 31.9 Å². The number of nitrogens with zero attached hydrogens (tertiary/aromatic N) is 1. The predicted molar refractivity (Wildman–Crippen MR) is 69.4 cm³/mol. The van der Waals surface area contributed by atoms with E-state index in [1.807, 2.05) is 0 Å². The number of rotatable bonds is 4. The highest BCUT2D eigenvalue weighted by Crippen LogP contribution is 2.20. The van der Waals surface area contributed by atoms with Crippen LogP contribution in [-0.2, 0) is 0 Å². The van der Waals surface area contributed by atoms with Gasteiger partial charge in [-0.2, -0.15) is 0 Å². The number of carbonyl (C=O) groups excluding carboxylic acids is 1. The number of hydrogen-bond donors (Lipinski definition) is 0. The Kier molecular flexibility index (Phi) is 5.52. The van der Waals surface area contributed by atoms with E-state index < -0.39 is 23.1 Å². The van der Waals surface area contributed by atoms with Crippen LogP contribution in [-0.4, -0.2) is 29.2 Å². The molecule has 17 heavy (non-hydrogen) atoms. The molecule has 1 aromatic carbocycles. The van der Waals surface area contributed by atoms with E-state index >= 15 is 0 Å². The van der Waals surface area contributed by atoms with Gasteiger partial charge in [0.1, 0.15) is 17.2 Å². The topological polar surface area (TPSA) is 20.3 Å². The lowest BCUT2D eigenvalue weighted by atomic mass is 10.1. The quantitative estimate of drug-likeness (QED) is 0.742. The smallest absolute Gasteiger partial charge is 0.259 e. The molecule has 0 aliphatic rings. The fourth-order valence-electron chi connectivity index (χ4n) is 1.41. The van der Waals surface area contributed by atoms with Gasteiger partial charge in [0.2, 0.25) is 0 Å². The lowest BCUT2D eigenvalue weighted by molar-refractivity contribution is 0.0765. The molecule has 0 aliphatic heterocycles. The number of alkyl halides is 1. The zero-order chi connectivity index (χ0) is 13.0. The van der Waals surface area contributed by atoms with Crippen molar-refractivity contribution in [3.05, 3.63) is 33.8 Å². The van der Waals surface area contributed by atoms with Crippen molar-refractivity contribution in [3.8, 4) is 0 Å². The van der Waals surface area contributed by atoms with Crippen LogP contribution in [0.5, 0.6) is 0 Å². The molecule has 0 aliphatic carbocycles. The first kappa shape index (κ1) is 14.6. The average molecular weight is 371 g/mol. The molecule has 94 valence electrons. The number of hydrogen-bond acceptors (Lipinski definition) is 1. The van der Waals surface area contributed by atoms with E-state index in [9.17, 15) is 13.6 Å². The molecule has 0 bridgehead atoms. The summed E-state index contributed by atoms with van der Waals surface area (Å²) in [7, 11) is 0. The van der Waals surface area contributed by atoms with Crippen molar-refractivity contribution in [1.29, 1.82) is 0 Å². The summed E-state index contributed by atoms with van der Waals surface area (Å²) in [6, 6.07) is 2.16. The zero-order valence-electron chi connectivity index (χ0n) is 9.14. The van der Waals surface area contributed by atoms with E-state index in [4.69, 9.17) is 0 Å². The van der Waals surface area contributed by atoms with Crippen molar-refractivity contribution in [2.45, 2.75) is 6.92 Å². The molecular formula is C11H11Br2F2NO. The second kappa shape index (κ2) is 6.44. The Labute approximate surface area is 115 Å². The largest absolute Gasteiger partial charge is 0.338 e. The van der Waals surface area contributed by atoms with Gasteiger partial charge in [0.15, 0.2) is 0 Å². The minimum absolute atomic E-state index is 0.271. The second-order valence-corrected chi connectivity index (χ2v) is 5.03. The first-order valence-corrected chi connectivity index (χ1v) is 6.92. The molecule has 0 saturated carbocycles. The van der Waals surface area contributed by atoms with Crippen LogP contribution < -0.4 is 0 Å². The zero-order valence-corrected chi connectivity index (χ0v) is 12.3. The molecule has 0 fully saturated rings. The summed E-state index contributed by atoms with van der Waals surface area (Å²) in [4.78, 5) is 13.3. The van der Waals surface area contributed by atoms with Gasteiger partial charge in [0.25, 0.3) is 5.91 Å². The van der Waals surface area contributed by atoms with E-state index in [1.165, 1.54) is 4.90 Å². The third-order valence-electron chi connectivity index (χ3n) is 2.24. The molecular weight excluding hydrogens is 360 g/mol. The van der Waals surface area contributed by atoms with Crippen LogP contribution in [0.3, 0.4) is 0 Å². The Morgan fingerprint density at radius 2 is 1.88 bits per heavy atom. The first-order valence-electron chi connectivity index (χ1n) is 5.01. The number of amides is 1. The van der Waals surface area contributed by atoms with Crippen LogP contribution in [0.1, 0.15) is 17.3 Å². The highest BCUT2D eigenvalue weighted by atomic mass is 79.9. The van der Waals surface area contributed by atoms with E-state index in [0.29, 0.717) is 18.4 Å². The minimum Gasteiger partial charge on any atom is -0.338 e. The Bertz CT molecular complexity index is 403. The molecule has 0 unspecified atom stereocenters. The van der Waals surface area contributed by atoms with E-state index in [2.05, 4.69) is 31.9 Å². The predicted octanol–water partition coefficient (Wildman–Crippen LogP) is 3.58. The van der Waals surface area contributed by atoms with E-state index in [-0.39, 0.29) is 4.47 Å². The number of carbonyl (C=O) groups is 1. The Morgan fingerprint density at radius 3 is 2.29 bits per heavy atom. The first-order chi connectivity index (χ1) is 8.01. The lowest BCUT2D eigenvalue weighted by Crippen LogP contribution is -2.33. The molecule has 0 spiro atoms. The maximum Gasteiger partial charge on any atom is 0.259 e. The Hall–Kier alpha value is -0.490. The summed E-state index contributed by atoms with van der Waals surface area (Å²) in [5, 5.41) is 0.562. The molecule has 0 saturated heterocycles. The highest BCUT2D eigenvalue weighted by molar-refractivity contribution is 9.10. The van der Waals surface area contributed by atoms with Crippen LogP contribution in [0.15, 0.2) is 16.6 Å². The van der Waals surface area contributed by atoms with Crippen LogP contribution in [0.2, 0.25) is 0 Å². The summed E-state index contributed by atoms with van der Waals surface area (Å²) in [5.74, 6) is -2.33. The van der Waals surface area contributed by atoms with Gasteiger partial charge in [0.05, 0.1) is 0 Å². The fraction of sp³-hybridized carbons (Fsp3) is 0.364. The standard InChI is InChI=1S/C11H11Br2F2NO/c1-2-16(4-3-12)11(17)10-8(14)5-7(13)6-9(10)15/h5-6H,2-4H2,1H3. The normalized spacial score (nSPS) is 10.4. The monoisotopic (exact) mass is 369 g/mol. The molecule has 1 aromatic rings.